The highest BCUT2D eigenvalue weighted by Gasteiger charge is 2.23. The van der Waals surface area contributed by atoms with Crippen molar-refractivity contribution in [3.05, 3.63) is 54.0 Å². The van der Waals surface area contributed by atoms with Gasteiger partial charge < -0.3 is 20.4 Å². The molecule has 0 saturated heterocycles. The van der Waals surface area contributed by atoms with Crippen molar-refractivity contribution in [1.29, 1.82) is 0 Å². The average Bonchev–Trinajstić information content (AvgIpc) is 3.24. The monoisotopic (exact) mass is 341 g/mol. The molecule has 130 valence electrons. The van der Waals surface area contributed by atoms with Crippen molar-refractivity contribution in [3.63, 3.8) is 0 Å². The Hall–Kier alpha value is -3.09. The number of carbonyl (C=O) groups is 3. The molecule has 1 fully saturated rings. The lowest BCUT2D eigenvalue weighted by atomic mass is 10.2. The first-order chi connectivity index (χ1) is 12.1. The standard InChI is InChI=1S/C18H19N3O4/c22-16(8-9-19-18(24)15-5-2-10-25-15)20-14-4-1-3-12(11-14)17(23)21-13-6-7-13/h1-5,10-11,13H,6-9H2,(H,19,24)(H,20,22)(H,21,23). The fourth-order valence-electron chi connectivity index (χ4n) is 2.24. The molecule has 1 aliphatic rings. The Bertz CT molecular complexity index is 766. The van der Waals surface area contributed by atoms with Gasteiger partial charge in [0.15, 0.2) is 5.76 Å². The zero-order chi connectivity index (χ0) is 17.6. The number of furan rings is 1. The van der Waals surface area contributed by atoms with Gasteiger partial charge in [-0.2, -0.15) is 0 Å². The molecule has 1 aromatic carbocycles. The molecule has 7 heteroatoms. The molecule has 0 radical (unpaired) electrons. The van der Waals surface area contributed by atoms with E-state index in [0.29, 0.717) is 11.3 Å². The van der Waals surface area contributed by atoms with Crippen LogP contribution in [0.25, 0.3) is 0 Å². The quantitative estimate of drug-likeness (QED) is 0.716. The predicted molar refractivity (Wildman–Crippen MR) is 91.2 cm³/mol. The normalized spacial score (nSPS) is 13.1. The van der Waals surface area contributed by atoms with Crippen LogP contribution in [0.3, 0.4) is 0 Å². The summed E-state index contributed by atoms with van der Waals surface area (Å²) in [5.41, 5.74) is 1.06. The number of amides is 3. The molecule has 3 amide bonds. The summed E-state index contributed by atoms with van der Waals surface area (Å²) < 4.78 is 4.97. The van der Waals surface area contributed by atoms with Crippen molar-refractivity contribution >= 4 is 23.4 Å². The van der Waals surface area contributed by atoms with Gasteiger partial charge in [0, 0.05) is 30.3 Å². The molecular formula is C18H19N3O4. The summed E-state index contributed by atoms with van der Waals surface area (Å²) in [5.74, 6) is -0.546. The maximum absolute atomic E-state index is 12.0. The van der Waals surface area contributed by atoms with E-state index in [1.165, 1.54) is 6.26 Å². The molecule has 0 unspecified atom stereocenters. The van der Waals surface area contributed by atoms with Crippen LogP contribution in [0.4, 0.5) is 5.69 Å². The lowest BCUT2D eigenvalue weighted by molar-refractivity contribution is -0.116. The highest BCUT2D eigenvalue weighted by molar-refractivity contribution is 5.97. The molecule has 25 heavy (non-hydrogen) atoms. The third kappa shape index (κ3) is 4.94. The van der Waals surface area contributed by atoms with Gasteiger partial charge in [0.1, 0.15) is 0 Å². The Morgan fingerprint density at radius 3 is 2.64 bits per heavy atom. The number of carbonyl (C=O) groups excluding carboxylic acids is 3. The van der Waals surface area contributed by atoms with E-state index < -0.39 is 0 Å². The number of nitrogens with one attached hydrogen (secondary N) is 3. The van der Waals surface area contributed by atoms with Crippen LogP contribution in [0, 0.1) is 0 Å². The Kier molecular flexibility index (Phi) is 5.13. The van der Waals surface area contributed by atoms with Crippen molar-refractivity contribution in [1.82, 2.24) is 10.6 Å². The van der Waals surface area contributed by atoms with E-state index in [9.17, 15) is 14.4 Å². The molecule has 1 heterocycles. The lowest BCUT2D eigenvalue weighted by Crippen LogP contribution is -2.27. The molecule has 0 spiro atoms. The van der Waals surface area contributed by atoms with Gasteiger partial charge in [-0.15, -0.1) is 0 Å². The predicted octanol–water partition coefficient (Wildman–Crippen LogP) is 1.93. The van der Waals surface area contributed by atoms with Gasteiger partial charge in [-0.3, -0.25) is 14.4 Å². The van der Waals surface area contributed by atoms with Crippen LogP contribution >= 0.6 is 0 Å². The van der Waals surface area contributed by atoms with Gasteiger partial charge in [0.2, 0.25) is 5.91 Å². The number of benzene rings is 1. The Morgan fingerprint density at radius 1 is 1.08 bits per heavy atom. The highest BCUT2D eigenvalue weighted by Crippen LogP contribution is 2.20. The second kappa shape index (κ2) is 7.65. The van der Waals surface area contributed by atoms with Crippen LogP contribution in [-0.4, -0.2) is 30.3 Å². The van der Waals surface area contributed by atoms with Gasteiger partial charge in [0.05, 0.1) is 6.26 Å². The van der Waals surface area contributed by atoms with E-state index in [-0.39, 0.29) is 42.5 Å². The zero-order valence-corrected chi connectivity index (χ0v) is 13.6. The zero-order valence-electron chi connectivity index (χ0n) is 13.6. The molecule has 3 rings (SSSR count). The molecule has 7 nitrogen and oxygen atoms in total. The second-order valence-electron chi connectivity index (χ2n) is 5.86. The first kappa shape index (κ1) is 16.8. The highest BCUT2D eigenvalue weighted by atomic mass is 16.3. The number of hydrogen-bond acceptors (Lipinski definition) is 4. The average molecular weight is 341 g/mol. The molecular weight excluding hydrogens is 322 g/mol. The van der Waals surface area contributed by atoms with Gasteiger partial charge >= 0.3 is 0 Å². The van der Waals surface area contributed by atoms with Crippen LogP contribution in [0.15, 0.2) is 47.1 Å². The van der Waals surface area contributed by atoms with E-state index in [0.717, 1.165) is 12.8 Å². The summed E-state index contributed by atoms with van der Waals surface area (Å²) in [7, 11) is 0. The summed E-state index contributed by atoms with van der Waals surface area (Å²) in [5, 5.41) is 8.23. The van der Waals surface area contributed by atoms with E-state index in [4.69, 9.17) is 4.42 Å². The molecule has 1 aromatic heterocycles. The molecule has 0 atom stereocenters. The maximum atomic E-state index is 12.0. The van der Waals surface area contributed by atoms with Crippen LogP contribution in [-0.2, 0) is 4.79 Å². The van der Waals surface area contributed by atoms with Crippen LogP contribution < -0.4 is 16.0 Å². The molecule has 0 bridgehead atoms. The smallest absolute Gasteiger partial charge is 0.286 e. The maximum Gasteiger partial charge on any atom is 0.286 e. The van der Waals surface area contributed by atoms with Gasteiger partial charge in [-0.1, -0.05) is 6.07 Å². The van der Waals surface area contributed by atoms with Crippen molar-refractivity contribution in [3.8, 4) is 0 Å². The summed E-state index contributed by atoms with van der Waals surface area (Å²) in [6, 6.07) is 10.2. The third-order valence-electron chi connectivity index (χ3n) is 3.70. The summed E-state index contributed by atoms with van der Waals surface area (Å²) in [6.45, 7) is 0.188. The topological polar surface area (TPSA) is 100 Å². The Labute approximate surface area is 144 Å². The Balaban J connectivity index is 1.45. The van der Waals surface area contributed by atoms with Gasteiger partial charge in [0.25, 0.3) is 11.8 Å². The fraction of sp³-hybridized carbons (Fsp3) is 0.278. The third-order valence-corrected chi connectivity index (χ3v) is 3.70. The van der Waals surface area contributed by atoms with E-state index in [1.807, 2.05) is 0 Å². The number of rotatable bonds is 7. The van der Waals surface area contributed by atoms with Crippen molar-refractivity contribution in [2.45, 2.75) is 25.3 Å². The Morgan fingerprint density at radius 2 is 1.92 bits per heavy atom. The van der Waals surface area contributed by atoms with Crippen LogP contribution in [0.1, 0.15) is 40.2 Å². The van der Waals surface area contributed by atoms with Crippen molar-refractivity contribution in [2.75, 3.05) is 11.9 Å². The molecule has 2 aromatic rings. The van der Waals surface area contributed by atoms with E-state index in [2.05, 4.69) is 16.0 Å². The van der Waals surface area contributed by atoms with E-state index >= 15 is 0 Å². The van der Waals surface area contributed by atoms with Gasteiger partial charge in [-0.25, -0.2) is 0 Å². The minimum Gasteiger partial charge on any atom is -0.459 e. The van der Waals surface area contributed by atoms with Gasteiger partial charge in [-0.05, 0) is 43.2 Å². The first-order valence-electron chi connectivity index (χ1n) is 8.14. The lowest BCUT2D eigenvalue weighted by Gasteiger charge is -2.08. The molecule has 0 aliphatic heterocycles. The molecule has 3 N–H and O–H groups in total. The van der Waals surface area contributed by atoms with Crippen molar-refractivity contribution < 1.29 is 18.8 Å². The van der Waals surface area contributed by atoms with Crippen molar-refractivity contribution in [2.24, 2.45) is 0 Å². The minimum absolute atomic E-state index is 0.116. The summed E-state index contributed by atoms with van der Waals surface area (Å²) in [4.78, 5) is 35.7. The number of anilines is 1. The molecule has 1 saturated carbocycles. The fourth-order valence-corrected chi connectivity index (χ4v) is 2.24. The second-order valence-corrected chi connectivity index (χ2v) is 5.86. The van der Waals surface area contributed by atoms with Crippen LogP contribution in [0.2, 0.25) is 0 Å². The minimum atomic E-state index is -0.364. The molecule has 1 aliphatic carbocycles. The largest absolute Gasteiger partial charge is 0.459 e. The first-order valence-corrected chi connectivity index (χ1v) is 8.14. The summed E-state index contributed by atoms with van der Waals surface area (Å²) >= 11 is 0. The SMILES string of the molecule is O=C(CCNC(=O)c1ccco1)Nc1cccc(C(=O)NC2CC2)c1. The van der Waals surface area contributed by atoms with Crippen LogP contribution in [0.5, 0.6) is 0 Å². The summed E-state index contributed by atoms with van der Waals surface area (Å²) in [6.07, 6.45) is 3.57. The number of hydrogen-bond donors (Lipinski definition) is 3. The van der Waals surface area contributed by atoms with E-state index in [1.54, 1.807) is 36.4 Å².